The molecule has 0 unspecified atom stereocenters. The van der Waals surface area contributed by atoms with Crippen molar-refractivity contribution in [2.24, 2.45) is 0 Å². The van der Waals surface area contributed by atoms with Gasteiger partial charge >= 0.3 is 0 Å². The van der Waals surface area contributed by atoms with Gasteiger partial charge in [0.2, 0.25) is 5.91 Å². The van der Waals surface area contributed by atoms with Gasteiger partial charge in [0.25, 0.3) is 5.91 Å². The summed E-state index contributed by atoms with van der Waals surface area (Å²) >= 11 is 1.51. The Bertz CT molecular complexity index is 1330. The predicted octanol–water partition coefficient (Wildman–Crippen LogP) is 4.49. The largest absolute Gasteiger partial charge is 0.349 e. The van der Waals surface area contributed by atoms with Gasteiger partial charge in [-0.1, -0.05) is 30.3 Å². The Labute approximate surface area is 214 Å². The van der Waals surface area contributed by atoms with Gasteiger partial charge in [-0.25, -0.2) is 0 Å². The van der Waals surface area contributed by atoms with Crippen molar-refractivity contribution in [3.8, 4) is 11.3 Å². The molecule has 1 aromatic carbocycles. The number of carbonyl (C=O) groups is 2. The summed E-state index contributed by atoms with van der Waals surface area (Å²) in [6, 6.07) is 15.9. The molecule has 7 nitrogen and oxygen atoms in total. The predicted molar refractivity (Wildman–Crippen MR) is 141 cm³/mol. The highest BCUT2D eigenvalue weighted by molar-refractivity contribution is 7.08. The van der Waals surface area contributed by atoms with E-state index in [-0.39, 0.29) is 17.9 Å². The molecule has 1 N–H and O–H groups in total. The topological polar surface area (TPSA) is 80.1 Å². The van der Waals surface area contributed by atoms with Crippen molar-refractivity contribution in [2.75, 3.05) is 13.1 Å². The van der Waals surface area contributed by atoms with Crippen LogP contribution >= 0.6 is 11.3 Å². The van der Waals surface area contributed by atoms with E-state index in [1.54, 1.807) is 18.5 Å². The standard InChI is InChI=1S/C28H27N5O2S/c34-26(32-14-10-25(11-15-32)30-28(35)24-12-16-36-20-24)9-8-23-19-33(18-21-5-2-1-3-6-21)31-27(23)22-7-4-13-29-17-22/h1-9,12-13,16-17,19-20,25H,10-11,14-15,18H2,(H,30,35)/b9-8+. The second kappa shape index (κ2) is 11.1. The number of pyridine rings is 1. The number of piperidine rings is 1. The van der Waals surface area contributed by atoms with Crippen molar-refractivity contribution in [2.45, 2.75) is 25.4 Å². The number of rotatable bonds is 7. The van der Waals surface area contributed by atoms with E-state index in [4.69, 9.17) is 5.10 Å². The van der Waals surface area contributed by atoms with Crippen LogP contribution in [0.2, 0.25) is 0 Å². The fourth-order valence-electron chi connectivity index (χ4n) is 4.31. The molecule has 0 radical (unpaired) electrons. The van der Waals surface area contributed by atoms with Crippen molar-refractivity contribution in [3.63, 3.8) is 0 Å². The number of nitrogens with zero attached hydrogens (tertiary/aromatic N) is 4. The molecule has 1 aliphatic rings. The molecule has 1 aliphatic heterocycles. The van der Waals surface area contributed by atoms with E-state index < -0.39 is 0 Å². The molecule has 1 fully saturated rings. The highest BCUT2D eigenvalue weighted by atomic mass is 32.1. The average molecular weight is 498 g/mol. The molecule has 182 valence electrons. The number of nitrogens with one attached hydrogen (secondary N) is 1. The maximum Gasteiger partial charge on any atom is 0.252 e. The van der Waals surface area contributed by atoms with Crippen LogP contribution in [0.3, 0.4) is 0 Å². The van der Waals surface area contributed by atoms with Crippen molar-refractivity contribution >= 4 is 29.2 Å². The van der Waals surface area contributed by atoms with Gasteiger partial charge in [0.15, 0.2) is 0 Å². The fraction of sp³-hybridized carbons (Fsp3) is 0.214. The molecule has 36 heavy (non-hydrogen) atoms. The molecule has 0 spiro atoms. The van der Waals surface area contributed by atoms with Crippen LogP contribution in [0.25, 0.3) is 17.3 Å². The molecular formula is C28H27N5O2S. The van der Waals surface area contributed by atoms with E-state index in [1.165, 1.54) is 11.3 Å². The molecule has 3 aromatic heterocycles. The monoisotopic (exact) mass is 497 g/mol. The van der Waals surface area contributed by atoms with Crippen LogP contribution in [0.4, 0.5) is 0 Å². The summed E-state index contributed by atoms with van der Waals surface area (Å²) in [5, 5.41) is 11.6. The number of amides is 2. The van der Waals surface area contributed by atoms with E-state index in [0.717, 1.165) is 35.2 Å². The molecule has 1 saturated heterocycles. The normalized spacial score (nSPS) is 14.3. The molecule has 2 amide bonds. The van der Waals surface area contributed by atoms with Crippen molar-refractivity contribution in [3.05, 3.63) is 101 Å². The second-order valence-electron chi connectivity index (χ2n) is 8.78. The van der Waals surface area contributed by atoms with Gasteiger partial charge in [-0.3, -0.25) is 19.3 Å². The van der Waals surface area contributed by atoms with E-state index in [1.807, 2.05) is 69.0 Å². The zero-order valence-corrected chi connectivity index (χ0v) is 20.6. The van der Waals surface area contributed by atoms with Crippen LogP contribution in [0, 0.1) is 0 Å². The molecule has 8 heteroatoms. The first-order chi connectivity index (χ1) is 17.7. The summed E-state index contributed by atoms with van der Waals surface area (Å²) in [7, 11) is 0. The maximum atomic E-state index is 12.9. The number of aromatic nitrogens is 3. The zero-order valence-electron chi connectivity index (χ0n) is 19.8. The lowest BCUT2D eigenvalue weighted by Crippen LogP contribution is -2.46. The van der Waals surface area contributed by atoms with Gasteiger partial charge in [0.1, 0.15) is 5.69 Å². The minimum atomic E-state index is -0.0450. The minimum absolute atomic E-state index is 0.0365. The molecule has 4 heterocycles. The Kier molecular flexibility index (Phi) is 7.33. The summed E-state index contributed by atoms with van der Waals surface area (Å²) < 4.78 is 1.89. The maximum absolute atomic E-state index is 12.9. The van der Waals surface area contributed by atoms with Gasteiger partial charge in [0.05, 0.1) is 6.54 Å². The Morgan fingerprint density at radius 2 is 1.92 bits per heavy atom. The van der Waals surface area contributed by atoms with Crippen LogP contribution in [-0.4, -0.2) is 50.6 Å². The lowest BCUT2D eigenvalue weighted by atomic mass is 10.0. The fourth-order valence-corrected chi connectivity index (χ4v) is 4.95. The quantitative estimate of drug-likeness (QED) is 0.382. The number of likely N-dealkylation sites (tertiary alicyclic amines) is 1. The summed E-state index contributed by atoms with van der Waals surface area (Å²) in [6.45, 7) is 1.86. The molecule has 0 aliphatic carbocycles. The van der Waals surface area contributed by atoms with Crippen molar-refractivity contribution in [1.29, 1.82) is 0 Å². The van der Waals surface area contributed by atoms with Crippen LogP contribution in [0.15, 0.2) is 84.0 Å². The van der Waals surface area contributed by atoms with E-state index in [0.29, 0.717) is 25.2 Å². The SMILES string of the molecule is O=C(NC1CCN(C(=O)/C=C/c2cn(Cc3ccccc3)nc2-c2cccnc2)CC1)c1ccsc1. The highest BCUT2D eigenvalue weighted by Gasteiger charge is 2.23. The van der Waals surface area contributed by atoms with E-state index in [9.17, 15) is 9.59 Å². The van der Waals surface area contributed by atoms with E-state index in [2.05, 4.69) is 22.4 Å². The second-order valence-corrected chi connectivity index (χ2v) is 9.56. The van der Waals surface area contributed by atoms with Crippen LogP contribution in [0.5, 0.6) is 0 Å². The molecule has 0 saturated carbocycles. The molecule has 0 bridgehead atoms. The van der Waals surface area contributed by atoms with Gasteiger partial charge < -0.3 is 10.2 Å². The van der Waals surface area contributed by atoms with Crippen molar-refractivity contribution < 1.29 is 9.59 Å². The summed E-state index contributed by atoms with van der Waals surface area (Å²) in [5.41, 5.74) is 4.40. The third kappa shape index (κ3) is 5.78. The van der Waals surface area contributed by atoms with E-state index >= 15 is 0 Å². The minimum Gasteiger partial charge on any atom is -0.349 e. The third-order valence-corrected chi connectivity index (χ3v) is 6.93. The van der Waals surface area contributed by atoms with Crippen LogP contribution in [-0.2, 0) is 11.3 Å². The summed E-state index contributed by atoms with van der Waals surface area (Å²) in [6.07, 6.45) is 10.4. The Balaban J connectivity index is 1.24. The lowest BCUT2D eigenvalue weighted by molar-refractivity contribution is -0.126. The first-order valence-electron chi connectivity index (χ1n) is 12.0. The number of thiophene rings is 1. The molecule has 4 aromatic rings. The zero-order chi connectivity index (χ0) is 24.7. The highest BCUT2D eigenvalue weighted by Crippen LogP contribution is 2.23. The van der Waals surface area contributed by atoms with Gasteiger partial charge in [-0.15, -0.1) is 0 Å². The van der Waals surface area contributed by atoms with Gasteiger partial charge in [0, 0.05) is 65.9 Å². The first kappa shape index (κ1) is 23.7. The number of hydrogen-bond acceptors (Lipinski definition) is 5. The lowest BCUT2D eigenvalue weighted by Gasteiger charge is -2.31. The van der Waals surface area contributed by atoms with Crippen LogP contribution in [0.1, 0.15) is 34.3 Å². The Hall–Kier alpha value is -4.04. The average Bonchev–Trinajstić information content (AvgIpc) is 3.60. The summed E-state index contributed by atoms with van der Waals surface area (Å²) in [4.78, 5) is 31.3. The van der Waals surface area contributed by atoms with Crippen LogP contribution < -0.4 is 5.32 Å². The van der Waals surface area contributed by atoms with Gasteiger partial charge in [-0.2, -0.15) is 16.4 Å². The first-order valence-corrected chi connectivity index (χ1v) is 12.9. The summed E-state index contributed by atoms with van der Waals surface area (Å²) in [5.74, 6) is -0.0816. The molecule has 0 atom stereocenters. The number of benzene rings is 1. The Morgan fingerprint density at radius 3 is 2.64 bits per heavy atom. The smallest absolute Gasteiger partial charge is 0.252 e. The number of hydrogen-bond donors (Lipinski definition) is 1. The molecular weight excluding hydrogens is 470 g/mol. The van der Waals surface area contributed by atoms with Gasteiger partial charge in [-0.05, 0) is 48.1 Å². The molecule has 5 rings (SSSR count). The third-order valence-electron chi connectivity index (χ3n) is 6.24. The number of carbonyl (C=O) groups excluding carboxylic acids is 2. The van der Waals surface area contributed by atoms with Crippen molar-refractivity contribution in [1.82, 2.24) is 25.0 Å². The Morgan fingerprint density at radius 1 is 1.08 bits per heavy atom.